The standard InChI is InChI=1S/C17H22N4O2/c1-13(2)17(22)21-10-8-20(9-11-21)12-15-18-16(23-19-15)14-6-4-3-5-7-14/h3-7,13H,8-12H2,1-2H3. The van der Waals surface area contributed by atoms with E-state index in [-0.39, 0.29) is 11.8 Å². The van der Waals surface area contributed by atoms with Crippen molar-refractivity contribution in [2.24, 2.45) is 5.92 Å². The molecular formula is C17H22N4O2. The van der Waals surface area contributed by atoms with Gasteiger partial charge in [-0.05, 0) is 12.1 Å². The Morgan fingerprint density at radius 2 is 1.87 bits per heavy atom. The normalized spacial score (nSPS) is 16.0. The molecule has 0 aliphatic carbocycles. The molecule has 3 rings (SSSR count). The highest BCUT2D eigenvalue weighted by Gasteiger charge is 2.23. The molecule has 0 atom stereocenters. The molecule has 6 nitrogen and oxygen atoms in total. The Morgan fingerprint density at radius 1 is 1.17 bits per heavy atom. The maximum absolute atomic E-state index is 12.0. The number of rotatable bonds is 4. The molecule has 1 aliphatic rings. The first kappa shape index (κ1) is 15.7. The molecule has 1 amide bonds. The molecule has 23 heavy (non-hydrogen) atoms. The first-order chi connectivity index (χ1) is 11.1. The number of benzene rings is 1. The number of nitrogens with zero attached hydrogens (tertiary/aromatic N) is 4. The monoisotopic (exact) mass is 314 g/mol. The zero-order chi connectivity index (χ0) is 16.2. The molecule has 0 radical (unpaired) electrons. The summed E-state index contributed by atoms with van der Waals surface area (Å²) in [6.07, 6.45) is 0. The SMILES string of the molecule is CC(C)C(=O)N1CCN(Cc2noc(-c3ccccc3)n2)CC1. The van der Waals surface area contributed by atoms with Crippen LogP contribution in [0.2, 0.25) is 0 Å². The van der Waals surface area contributed by atoms with Crippen LogP contribution in [0.3, 0.4) is 0 Å². The van der Waals surface area contributed by atoms with E-state index in [9.17, 15) is 4.79 Å². The first-order valence-corrected chi connectivity index (χ1v) is 8.02. The summed E-state index contributed by atoms with van der Waals surface area (Å²) >= 11 is 0. The highest BCUT2D eigenvalue weighted by atomic mass is 16.5. The molecule has 0 spiro atoms. The predicted octanol–water partition coefficient (Wildman–Crippen LogP) is 2.04. The topological polar surface area (TPSA) is 62.5 Å². The molecule has 122 valence electrons. The Morgan fingerprint density at radius 3 is 2.52 bits per heavy atom. The molecule has 0 bridgehead atoms. The Balaban J connectivity index is 1.55. The fraction of sp³-hybridized carbons (Fsp3) is 0.471. The van der Waals surface area contributed by atoms with E-state index < -0.39 is 0 Å². The highest BCUT2D eigenvalue weighted by molar-refractivity contribution is 5.78. The second-order valence-corrected chi connectivity index (χ2v) is 6.14. The highest BCUT2D eigenvalue weighted by Crippen LogP contribution is 2.17. The van der Waals surface area contributed by atoms with E-state index in [1.165, 1.54) is 0 Å². The van der Waals surface area contributed by atoms with Gasteiger partial charge in [0.05, 0.1) is 6.54 Å². The summed E-state index contributed by atoms with van der Waals surface area (Å²) in [5.74, 6) is 1.53. The molecule has 2 heterocycles. The molecule has 1 saturated heterocycles. The molecule has 0 saturated carbocycles. The number of amides is 1. The average molecular weight is 314 g/mol. The van der Waals surface area contributed by atoms with Gasteiger partial charge in [-0.2, -0.15) is 4.98 Å². The molecule has 6 heteroatoms. The quantitative estimate of drug-likeness (QED) is 0.864. The minimum Gasteiger partial charge on any atom is -0.340 e. The van der Waals surface area contributed by atoms with Gasteiger partial charge in [-0.3, -0.25) is 9.69 Å². The minimum atomic E-state index is 0.0622. The van der Waals surface area contributed by atoms with Crippen molar-refractivity contribution < 1.29 is 9.32 Å². The number of hydrogen-bond acceptors (Lipinski definition) is 5. The van der Waals surface area contributed by atoms with Crippen molar-refractivity contribution >= 4 is 5.91 Å². The summed E-state index contributed by atoms with van der Waals surface area (Å²) in [4.78, 5) is 20.6. The average Bonchev–Trinajstić information content (AvgIpc) is 3.04. The molecule has 1 aromatic heterocycles. The molecule has 2 aromatic rings. The van der Waals surface area contributed by atoms with Crippen LogP contribution in [0.4, 0.5) is 0 Å². The van der Waals surface area contributed by atoms with Gasteiger partial charge in [-0.25, -0.2) is 0 Å². The summed E-state index contributed by atoms with van der Waals surface area (Å²) in [5.41, 5.74) is 0.929. The maximum atomic E-state index is 12.0. The summed E-state index contributed by atoms with van der Waals surface area (Å²) < 4.78 is 5.33. The van der Waals surface area contributed by atoms with Crippen LogP contribution in [0.25, 0.3) is 11.5 Å². The maximum Gasteiger partial charge on any atom is 0.257 e. The lowest BCUT2D eigenvalue weighted by molar-refractivity contribution is -0.136. The van der Waals surface area contributed by atoms with Crippen LogP contribution in [-0.4, -0.2) is 52.0 Å². The van der Waals surface area contributed by atoms with Gasteiger partial charge in [0.25, 0.3) is 5.89 Å². The van der Waals surface area contributed by atoms with Gasteiger partial charge < -0.3 is 9.42 Å². The fourth-order valence-corrected chi connectivity index (χ4v) is 2.71. The van der Waals surface area contributed by atoms with Crippen LogP contribution in [0.15, 0.2) is 34.9 Å². The lowest BCUT2D eigenvalue weighted by Gasteiger charge is -2.34. The second kappa shape index (κ2) is 6.91. The van der Waals surface area contributed by atoms with Crippen molar-refractivity contribution in [3.8, 4) is 11.5 Å². The first-order valence-electron chi connectivity index (χ1n) is 8.02. The predicted molar refractivity (Wildman–Crippen MR) is 86.4 cm³/mol. The van der Waals surface area contributed by atoms with Crippen molar-refractivity contribution in [2.75, 3.05) is 26.2 Å². The van der Waals surface area contributed by atoms with E-state index in [1.54, 1.807) is 0 Å². The Kier molecular flexibility index (Phi) is 4.71. The van der Waals surface area contributed by atoms with Gasteiger partial charge in [0.15, 0.2) is 5.82 Å². The minimum absolute atomic E-state index is 0.0622. The molecule has 0 N–H and O–H groups in total. The fourth-order valence-electron chi connectivity index (χ4n) is 2.71. The van der Waals surface area contributed by atoms with Crippen LogP contribution in [0.5, 0.6) is 0 Å². The van der Waals surface area contributed by atoms with Crippen molar-refractivity contribution in [1.29, 1.82) is 0 Å². The zero-order valence-electron chi connectivity index (χ0n) is 13.6. The van der Waals surface area contributed by atoms with Gasteiger partial charge >= 0.3 is 0 Å². The summed E-state index contributed by atoms with van der Waals surface area (Å²) in [6.45, 7) is 7.75. The molecule has 1 aliphatic heterocycles. The summed E-state index contributed by atoms with van der Waals surface area (Å²) in [7, 11) is 0. The molecular weight excluding hydrogens is 292 g/mol. The third-order valence-corrected chi connectivity index (χ3v) is 4.03. The molecule has 1 fully saturated rings. The smallest absolute Gasteiger partial charge is 0.257 e. The van der Waals surface area contributed by atoms with E-state index in [1.807, 2.05) is 49.1 Å². The van der Waals surface area contributed by atoms with Gasteiger partial charge in [0, 0.05) is 37.7 Å². The van der Waals surface area contributed by atoms with E-state index in [4.69, 9.17) is 4.52 Å². The summed E-state index contributed by atoms with van der Waals surface area (Å²) in [5, 5.41) is 4.06. The Hall–Kier alpha value is -2.21. The third-order valence-electron chi connectivity index (χ3n) is 4.03. The molecule has 1 aromatic carbocycles. The largest absolute Gasteiger partial charge is 0.340 e. The van der Waals surface area contributed by atoms with Gasteiger partial charge in [0.2, 0.25) is 5.91 Å². The van der Waals surface area contributed by atoms with Gasteiger partial charge in [0.1, 0.15) is 0 Å². The second-order valence-electron chi connectivity index (χ2n) is 6.14. The van der Waals surface area contributed by atoms with Crippen molar-refractivity contribution in [2.45, 2.75) is 20.4 Å². The van der Waals surface area contributed by atoms with Crippen molar-refractivity contribution in [3.05, 3.63) is 36.2 Å². The van der Waals surface area contributed by atoms with Crippen molar-refractivity contribution in [1.82, 2.24) is 19.9 Å². The molecule has 0 unspecified atom stereocenters. The number of carbonyl (C=O) groups is 1. The lowest BCUT2D eigenvalue weighted by atomic mass is 10.1. The van der Waals surface area contributed by atoms with E-state index >= 15 is 0 Å². The third kappa shape index (κ3) is 3.76. The van der Waals surface area contributed by atoms with Crippen LogP contribution in [-0.2, 0) is 11.3 Å². The Labute approximate surface area is 136 Å². The van der Waals surface area contributed by atoms with Crippen LogP contribution >= 0.6 is 0 Å². The van der Waals surface area contributed by atoms with Crippen LogP contribution in [0, 0.1) is 5.92 Å². The Bertz CT molecular complexity index is 646. The number of carbonyl (C=O) groups excluding carboxylic acids is 1. The van der Waals surface area contributed by atoms with Gasteiger partial charge in [-0.15, -0.1) is 0 Å². The van der Waals surface area contributed by atoms with E-state index in [0.29, 0.717) is 18.3 Å². The van der Waals surface area contributed by atoms with Crippen molar-refractivity contribution in [3.63, 3.8) is 0 Å². The van der Waals surface area contributed by atoms with Crippen LogP contribution in [0.1, 0.15) is 19.7 Å². The zero-order valence-corrected chi connectivity index (χ0v) is 13.6. The van der Waals surface area contributed by atoms with E-state index in [0.717, 1.165) is 31.7 Å². The number of hydrogen-bond donors (Lipinski definition) is 0. The van der Waals surface area contributed by atoms with Gasteiger partial charge in [-0.1, -0.05) is 37.2 Å². The number of aromatic nitrogens is 2. The van der Waals surface area contributed by atoms with E-state index in [2.05, 4.69) is 15.0 Å². The number of piperazine rings is 1. The lowest BCUT2D eigenvalue weighted by Crippen LogP contribution is -2.49. The summed E-state index contributed by atoms with van der Waals surface area (Å²) in [6, 6.07) is 9.76. The van der Waals surface area contributed by atoms with Crippen LogP contribution < -0.4 is 0 Å².